The normalized spacial score (nSPS) is 17.4. The van der Waals surface area contributed by atoms with Crippen molar-refractivity contribution in [2.45, 2.75) is 45.1 Å². The predicted octanol–water partition coefficient (Wildman–Crippen LogP) is 3.83. The zero-order valence-electron chi connectivity index (χ0n) is 11.8. The van der Waals surface area contributed by atoms with Gasteiger partial charge >= 0.3 is 0 Å². The maximum Gasteiger partial charge on any atom is 0.156 e. The minimum Gasteiger partial charge on any atom is -0.297 e. The summed E-state index contributed by atoms with van der Waals surface area (Å²) in [4.78, 5) is 15.0. The van der Waals surface area contributed by atoms with Crippen molar-refractivity contribution in [3.63, 3.8) is 0 Å². The van der Waals surface area contributed by atoms with E-state index in [9.17, 15) is 4.79 Å². The van der Waals surface area contributed by atoms with Gasteiger partial charge in [-0.2, -0.15) is 0 Å². The molecular formula is C16H22BrNO. The van der Waals surface area contributed by atoms with Gasteiger partial charge in [0.25, 0.3) is 0 Å². The summed E-state index contributed by atoms with van der Waals surface area (Å²) >= 11 is 3.52. The first kappa shape index (κ1) is 14.7. The SMILES string of the molecule is CC(C)(C(=O)Cc1ccccc1Br)N1CCCCC1. The van der Waals surface area contributed by atoms with E-state index < -0.39 is 0 Å². The molecule has 0 N–H and O–H groups in total. The van der Waals surface area contributed by atoms with Gasteiger partial charge in [-0.25, -0.2) is 0 Å². The molecule has 1 saturated heterocycles. The molecule has 1 aromatic rings. The van der Waals surface area contributed by atoms with Crippen molar-refractivity contribution in [3.05, 3.63) is 34.3 Å². The van der Waals surface area contributed by atoms with Gasteiger partial charge in [0, 0.05) is 10.9 Å². The number of hydrogen-bond acceptors (Lipinski definition) is 2. The van der Waals surface area contributed by atoms with E-state index in [0.717, 1.165) is 23.1 Å². The highest BCUT2D eigenvalue weighted by Gasteiger charge is 2.34. The first-order valence-electron chi connectivity index (χ1n) is 7.03. The molecule has 0 unspecified atom stereocenters. The number of carbonyl (C=O) groups is 1. The van der Waals surface area contributed by atoms with E-state index in [1.54, 1.807) is 0 Å². The third-order valence-corrected chi connectivity index (χ3v) is 4.91. The topological polar surface area (TPSA) is 20.3 Å². The molecule has 2 rings (SSSR count). The zero-order valence-corrected chi connectivity index (χ0v) is 13.4. The van der Waals surface area contributed by atoms with Gasteiger partial charge in [-0.1, -0.05) is 40.5 Å². The molecule has 0 amide bonds. The minimum absolute atomic E-state index is 0.307. The highest BCUT2D eigenvalue weighted by molar-refractivity contribution is 9.10. The van der Waals surface area contributed by atoms with E-state index >= 15 is 0 Å². The molecule has 0 aromatic heterocycles. The van der Waals surface area contributed by atoms with Crippen LogP contribution in [0.4, 0.5) is 0 Å². The first-order valence-corrected chi connectivity index (χ1v) is 7.83. The van der Waals surface area contributed by atoms with Crippen LogP contribution < -0.4 is 0 Å². The third-order valence-electron chi connectivity index (χ3n) is 4.14. The van der Waals surface area contributed by atoms with E-state index in [2.05, 4.69) is 34.7 Å². The fourth-order valence-corrected chi connectivity index (χ4v) is 3.09. The molecule has 19 heavy (non-hydrogen) atoms. The molecular weight excluding hydrogens is 302 g/mol. The lowest BCUT2D eigenvalue weighted by molar-refractivity contribution is -0.129. The van der Waals surface area contributed by atoms with Gasteiger partial charge in [0.05, 0.1) is 5.54 Å². The summed E-state index contributed by atoms with van der Waals surface area (Å²) in [5.41, 5.74) is 0.730. The van der Waals surface area contributed by atoms with Gasteiger partial charge in [-0.15, -0.1) is 0 Å². The number of rotatable bonds is 4. The molecule has 0 bridgehead atoms. The zero-order chi connectivity index (χ0) is 13.9. The molecule has 0 atom stereocenters. The molecule has 1 aliphatic rings. The fourth-order valence-electron chi connectivity index (χ4n) is 2.66. The second-order valence-electron chi connectivity index (χ2n) is 5.80. The third kappa shape index (κ3) is 3.46. The Labute approximate surface area is 124 Å². The van der Waals surface area contributed by atoms with Crippen molar-refractivity contribution in [1.29, 1.82) is 0 Å². The van der Waals surface area contributed by atoms with E-state index in [4.69, 9.17) is 0 Å². The van der Waals surface area contributed by atoms with E-state index in [0.29, 0.717) is 12.2 Å². The largest absolute Gasteiger partial charge is 0.297 e. The molecule has 2 nitrogen and oxygen atoms in total. The molecule has 0 radical (unpaired) electrons. The van der Waals surface area contributed by atoms with E-state index in [1.165, 1.54) is 19.3 Å². The van der Waals surface area contributed by atoms with Gasteiger partial charge in [0.2, 0.25) is 0 Å². The van der Waals surface area contributed by atoms with Crippen LogP contribution in [0.1, 0.15) is 38.7 Å². The Bertz CT molecular complexity index is 450. The number of ketones is 1. The summed E-state index contributed by atoms with van der Waals surface area (Å²) in [6.45, 7) is 6.23. The van der Waals surface area contributed by atoms with Crippen molar-refractivity contribution in [3.8, 4) is 0 Å². The molecule has 1 heterocycles. The van der Waals surface area contributed by atoms with Crippen molar-refractivity contribution in [2.75, 3.05) is 13.1 Å². The number of piperidine rings is 1. The van der Waals surface area contributed by atoms with Crippen LogP contribution >= 0.6 is 15.9 Å². The van der Waals surface area contributed by atoms with Crippen LogP contribution in [0.5, 0.6) is 0 Å². The van der Waals surface area contributed by atoms with Crippen molar-refractivity contribution in [2.24, 2.45) is 0 Å². The van der Waals surface area contributed by atoms with Gasteiger partial charge in [-0.05, 0) is 51.4 Å². The van der Waals surface area contributed by atoms with Crippen LogP contribution in [0.15, 0.2) is 28.7 Å². The molecule has 1 aliphatic heterocycles. The van der Waals surface area contributed by atoms with Crippen LogP contribution in [0.25, 0.3) is 0 Å². The summed E-state index contributed by atoms with van der Waals surface area (Å²) in [6, 6.07) is 7.99. The van der Waals surface area contributed by atoms with Crippen LogP contribution in [-0.2, 0) is 11.2 Å². The average molecular weight is 324 g/mol. The van der Waals surface area contributed by atoms with Gasteiger partial charge in [0.15, 0.2) is 5.78 Å². The highest BCUT2D eigenvalue weighted by atomic mass is 79.9. The Hall–Kier alpha value is -0.670. The molecule has 1 fully saturated rings. The van der Waals surface area contributed by atoms with Crippen LogP contribution in [-0.4, -0.2) is 29.3 Å². The summed E-state index contributed by atoms with van der Waals surface area (Å²) in [5.74, 6) is 0.307. The van der Waals surface area contributed by atoms with Crippen molar-refractivity contribution >= 4 is 21.7 Å². The molecule has 0 saturated carbocycles. The summed E-state index contributed by atoms with van der Waals surface area (Å²) in [7, 11) is 0. The summed E-state index contributed by atoms with van der Waals surface area (Å²) in [6.07, 6.45) is 4.23. The first-order chi connectivity index (χ1) is 9.01. The van der Waals surface area contributed by atoms with Gasteiger partial charge < -0.3 is 0 Å². The quantitative estimate of drug-likeness (QED) is 0.839. The maximum atomic E-state index is 12.6. The number of benzene rings is 1. The number of carbonyl (C=O) groups excluding carboxylic acids is 1. The second-order valence-corrected chi connectivity index (χ2v) is 6.65. The van der Waals surface area contributed by atoms with Crippen LogP contribution in [0.2, 0.25) is 0 Å². The van der Waals surface area contributed by atoms with E-state index in [-0.39, 0.29) is 5.54 Å². The number of hydrogen-bond donors (Lipinski definition) is 0. The predicted molar refractivity (Wildman–Crippen MR) is 82.4 cm³/mol. The Morgan fingerprint density at radius 3 is 2.47 bits per heavy atom. The standard InChI is InChI=1S/C16H22BrNO/c1-16(2,18-10-6-3-7-11-18)15(19)12-13-8-4-5-9-14(13)17/h4-5,8-9H,3,6-7,10-12H2,1-2H3. The lowest BCUT2D eigenvalue weighted by atomic mass is 9.90. The van der Waals surface area contributed by atoms with Crippen LogP contribution in [0.3, 0.4) is 0 Å². The number of likely N-dealkylation sites (tertiary alicyclic amines) is 1. The Morgan fingerprint density at radius 2 is 1.84 bits per heavy atom. The number of Topliss-reactive ketones (excluding diaryl/α,β-unsaturated/α-hetero) is 1. The Kier molecular flexibility index (Phi) is 4.80. The maximum absolute atomic E-state index is 12.6. The fraction of sp³-hybridized carbons (Fsp3) is 0.562. The minimum atomic E-state index is -0.351. The molecule has 3 heteroatoms. The molecule has 104 valence electrons. The molecule has 1 aromatic carbocycles. The van der Waals surface area contributed by atoms with Crippen molar-refractivity contribution in [1.82, 2.24) is 4.90 Å². The van der Waals surface area contributed by atoms with Gasteiger partial charge in [-0.3, -0.25) is 9.69 Å². The number of nitrogens with zero attached hydrogens (tertiary/aromatic N) is 1. The van der Waals surface area contributed by atoms with Gasteiger partial charge in [0.1, 0.15) is 0 Å². The van der Waals surface area contributed by atoms with Crippen molar-refractivity contribution < 1.29 is 4.79 Å². The van der Waals surface area contributed by atoms with E-state index in [1.807, 2.05) is 24.3 Å². The highest BCUT2D eigenvalue weighted by Crippen LogP contribution is 2.25. The number of halogens is 1. The Morgan fingerprint density at radius 1 is 1.21 bits per heavy atom. The average Bonchev–Trinajstić information content (AvgIpc) is 2.42. The summed E-state index contributed by atoms with van der Waals surface area (Å²) in [5, 5.41) is 0. The van der Waals surface area contributed by atoms with Crippen LogP contribution in [0, 0.1) is 0 Å². The lowest BCUT2D eigenvalue weighted by Crippen LogP contribution is -2.52. The Balaban J connectivity index is 2.08. The molecule has 0 spiro atoms. The lowest BCUT2D eigenvalue weighted by Gasteiger charge is -2.39. The monoisotopic (exact) mass is 323 g/mol. The second kappa shape index (κ2) is 6.19. The smallest absolute Gasteiger partial charge is 0.156 e. The summed E-state index contributed by atoms with van der Waals surface area (Å²) < 4.78 is 1.03. The molecule has 0 aliphatic carbocycles.